The zero-order chi connectivity index (χ0) is 13.8. The molecule has 0 amide bonds. The quantitative estimate of drug-likeness (QED) is 0.635. The fourth-order valence-electron chi connectivity index (χ4n) is 2.00. The minimum atomic E-state index is -0.411. The topological polar surface area (TPSA) is 0 Å². The monoisotopic (exact) mass is 316 g/mol. The van der Waals surface area contributed by atoms with Gasteiger partial charge in [0.15, 0.2) is 0 Å². The van der Waals surface area contributed by atoms with Gasteiger partial charge in [0, 0.05) is 16.8 Å². The van der Waals surface area contributed by atoms with Crippen LogP contribution in [0.15, 0.2) is 42.5 Å². The number of benzene rings is 2. The number of hydrogen-bond acceptors (Lipinski definition) is 0. The SMILES string of the molecule is Fc1ccc(CC(CCl)c2ccccc2Cl)cc1Cl. The lowest BCUT2D eigenvalue weighted by Crippen LogP contribution is -2.05. The van der Waals surface area contributed by atoms with Gasteiger partial charge in [0.05, 0.1) is 5.02 Å². The molecule has 1 atom stereocenters. The Morgan fingerprint density at radius 3 is 2.37 bits per heavy atom. The first-order valence-corrected chi connectivity index (χ1v) is 7.15. The van der Waals surface area contributed by atoms with Crippen molar-refractivity contribution in [2.24, 2.45) is 0 Å². The summed E-state index contributed by atoms with van der Waals surface area (Å²) in [4.78, 5) is 0. The smallest absolute Gasteiger partial charge is 0.141 e. The van der Waals surface area contributed by atoms with Crippen molar-refractivity contribution in [3.63, 3.8) is 0 Å². The highest BCUT2D eigenvalue weighted by Gasteiger charge is 2.15. The molecule has 2 rings (SSSR count). The molecule has 100 valence electrons. The highest BCUT2D eigenvalue weighted by molar-refractivity contribution is 6.31. The fourth-order valence-corrected chi connectivity index (χ4v) is 2.77. The Labute approximate surface area is 127 Å². The van der Waals surface area contributed by atoms with Crippen molar-refractivity contribution in [1.29, 1.82) is 0 Å². The second kappa shape index (κ2) is 6.60. The third-order valence-electron chi connectivity index (χ3n) is 3.00. The van der Waals surface area contributed by atoms with Gasteiger partial charge in [0.25, 0.3) is 0 Å². The largest absolute Gasteiger partial charge is 0.205 e. The van der Waals surface area contributed by atoms with Crippen molar-refractivity contribution in [1.82, 2.24) is 0 Å². The molecule has 0 aliphatic rings. The van der Waals surface area contributed by atoms with E-state index in [1.165, 1.54) is 6.07 Å². The number of alkyl halides is 1. The van der Waals surface area contributed by atoms with E-state index in [0.717, 1.165) is 11.1 Å². The first-order valence-electron chi connectivity index (χ1n) is 5.86. The van der Waals surface area contributed by atoms with Crippen LogP contribution in [0.3, 0.4) is 0 Å². The normalized spacial score (nSPS) is 12.4. The Bertz CT molecular complexity index is 569. The number of hydrogen-bond donors (Lipinski definition) is 0. The second-order valence-electron chi connectivity index (χ2n) is 4.33. The maximum Gasteiger partial charge on any atom is 0.141 e. The maximum absolute atomic E-state index is 13.1. The van der Waals surface area contributed by atoms with Crippen molar-refractivity contribution in [3.8, 4) is 0 Å². The summed E-state index contributed by atoms with van der Waals surface area (Å²) in [7, 11) is 0. The minimum absolute atomic E-state index is 0.0805. The van der Waals surface area contributed by atoms with Crippen LogP contribution in [0.4, 0.5) is 4.39 Å². The van der Waals surface area contributed by atoms with Crippen LogP contribution in [0.5, 0.6) is 0 Å². The second-order valence-corrected chi connectivity index (χ2v) is 5.45. The van der Waals surface area contributed by atoms with E-state index in [0.29, 0.717) is 17.3 Å². The highest BCUT2D eigenvalue weighted by atomic mass is 35.5. The molecule has 0 aromatic heterocycles. The highest BCUT2D eigenvalue weighted by Crippen LogP contribution is 2.29. The van der Waals surface area contributed by atoms with Crippen molar-refractivity contribution < 1.29 is 4.39 Å². The van der Waals surface area contributed by atoms with Crippen LogP contribution in [0.1, 0.15) is 17.0 Å². The molecular weight excluding hydrogens is 306 g/mol. The van der Waals surface area contributed by atoms with Crippen LogP contribution in [0, 0.1) is 5.82 Å². The molecule has 0 aliphatic heterocycles. The lowest BCUT2D eigenvalue weighted by atomic mass is 9.93. The molecule has 0 saturated carbocycles. The summed E-state index contributed by atoms with van der Waals surface area (Å²) in [5.41, 5.74) is 1.94. The summed E-state index contributed by atoms with van der Waals surface area (Å²) in [6.07, 6.45) is 0.674. The predicted molar refractivity (Wildman–Crippen MR) is 80.0 cm³/mol. The Hall–Kier alpha value is -0.760. The third kappa shape index (κ3) is 3.62. The van der Waals surface area contributed by atoms with Gasteiger partial charge in [0.1, 0.15) is 5.82 Å². The summed E-state index contributed by atoms with van der Waals surface area (Å²) in [5.74, 6) is 0.112. The van der Waals surface area contributed by atoms with E-state index in [9.17, 15) is 4.39 Å². The van der Waals surface area contributed by atoms with Crippen molar-refractivity contribution in [2.45, 2.75) is 12.3 Å². The van der Waals surface area contributed by atoms with Crippen LogP contribution in [-0.4, -0.2) is 5.88 Å². The van der Waals surface area contributed by atoms with Gasteiger partial charge in [-0.3, -0.25) is 0 Å². The van der Waals surface area contributed by atoms with Gasteiger partial charge in [-0.25, -0.2) is 4.39 Å². The van der Waals surface area contributed by atoms with Gasteiger partial charge in [-0.15, -0.1) is 11.6 Å². The standard InChI is InChI=1S/C15H12Cl3F/c16-9-11(12-3-1-2-4-13(12)17)7-10-5-6-15(19)14(18)8-10/h1-6,8,11H,7,9H2. The molecule has 1 unspecified atom stereocenters. The van der Waals surface area contributed by atoms with Gasteiger partial charge >= 0.3 is 0 Å². The Morgan fingerprint density at radius 1 is 1.00 bits per heavy atom. The first-order chi connectivity index (χ1) is 9.11. The molecular formula is C15H12Cl3F. The van der Waals surface area contributed by atoms with E-state index in [4.69, 9.17) is 34.8 Å². The van der Waals surface area contributed by atoms with E-state index in [1.807, 2.05) is 24.3 Å². The summed E-state index contributed by atoms with van der Waals surface area (Å²) < 4.78 is 13.1. The maximum atomic E-state index is 13.1. The molecule has 4 heteroatoms. The number of rotatable bonds is 4. The molecule has 0 bridgehead atoms. The third-order valence-corrected chi connectivity index (χ3v) is 4.00. The first kappa shape index (κ1) is 14.6. The number of halogens is 4. The van der Waals surface area contributed by atoms with Crippen molar-refractivity contribution >= 4 is 34.8 Å². The van der Waals surface area contributed by atoms with Crippen LogP contribution >= 0.6 is 34.8 Å². The average Bonchev–Trinajstić information content (AvgIpc) is 2.41. The Kier molecular flexibility index (Phi) is 5.09. The van der Waals surface area contributed by atoms with Crippen molar-refractivity contribution in [2.75, 3.05) is 5.88 Å². The molecule has 0 spiro atoms. The van der Waals surface area contributed by atoms with Gasteiger partial charge in [0.2, 0.25) is 0 Å². The van der Waals surface area contributed by atoms with Gasteiger partial charge in [-0.1, -0.05) is 47.5 Å². The predicted octanol–water partition coefficient (Wildman–Crippen LogP) is 5.70. The van der Waals surface area contributed by atoms with E-state index in [-0.39, 0.29) is 10.9 Å². The summed E-state index contributed by atoms with van der Waals surface area (Å²) in [6.45, 7) is 0. The van der Waals surface area contributed by atoms with E-state index >= 15 is 0 Å². The van der Waals surface area contributed by atoms with Crippen LogP contribution in [0.2, 0.25) is 10.0 Å². The molecule has 0 saturated heterocycles. The zero-order valence-electron chi connectivity index (χ0n) is 10.0. The molecule has 0 fully saturated rings. The Morgan fingerprint density at radius 2 is 1.74 bits per heavy atom. The van der Waals surface area contributed by atoms with Crippen LogP contribution in [-0.2, 0) is 6.42 Å². The fraction of sp³-hybridized carbons (Fsp3) is 0.200. The lowest BCUT2D eigenvalue weighted by Gasteiger charge is -2.16. The summed E-state index contributed by atoms with van der Waals surface area (Å²) in [5, 5.41) is 0.825. The zero-order valence-corrected chi connectivity index (χ0v) is 12.3. The van der Waals surface area contributed by atoms with E-state index in [2.05, 4.69) is 0 Å². The molecule has 0 N–H and O–H groups in total. The van der Waals surface area contributed by atoms with E-state index < -0.39 is 5.82 Å². The molecule has 0 heterocycles. The van der Waals surface area contributed by atoms with Crippen LogP contribution < -0.4 is 0 Å². The minimum Gasteiger partial charge on any atom is -0.205 e. The van der Waals surface area contributed by atoms with Gasteiger partial charge in [-0.05, 0) is 35.7 Å². The molecule has 2 aromatic rings. The molecule has 0 nitrogen and oxygen atoms in total. The summed E-state index contributed by atoms with van der Waals surface area (Å²) in [6, 6.07) is 12.3. The average molecular weight is 318 g/mol. The van der Waals surface area contributed by atoms with Crippen LogP contribution in [0.25, 0.3) is 0 Å². The molecule has 0 radical (unpaired) electrons. The lowest BCUT2D eigenvalue weighted by molar-refractivity contribution is 0.626. The van der Waals surface area contributed by atoms with Gasteiger partial charge < -0.3 is 0 Å². The van der Waals surface area contributed by atoms with E-state index in [1.54, 1.807) is 12.1 Å². The molecule has 2 aromatic carbocycles. The molecule has 19 heavy (non-hydrogen) atoms. The Balaban J connectivity index is 2.24. The van der Waals surface area contributed by atoms with Gasteiger partial charge in [-0.2, -0.15) is 0 Å². The molecule has 0 aliphatic carbocycles. The van der Waals surface area contributed by atoms with Crippen molar-refractivity contribution in [3.05, 3.63) is 69.5 Å². The summed E-state index contributed by atoms with van der Waals surface area (Å²) >= 11 is 18.0.